The highest BCUT2D eigenvalue weighted by atomic mass is 15.1. The molecule has 0 aliphatic rings. The van der Waals surface area contributed by atoms with Crippen molar-refractivity contribution in [2.45, 2.75) is 0 Å². The van der Waals surface area contributed by atoms with E-state index in [1.165, 1.54) is 0 Å². The van der Waals surface area contributed by atoms with Crippen molar-refractivity contribution < 1.29 is 0 Å². The van der Waals surface area contributed by atoms with E-state index in [0.29, 0.717) is 0 Å². The minimum Gasteiger partial charge on any atom is -0.292 e. The Kier molecular flexibility index (Phi) is 7.06. The summed E-state index contributed by atoms with van der Waals surface area (Å²) in [4.78, 5) is 18.8. The minimum absolute atomic E-state index is 0.875. The summed E-state index contributed by atoms with van der Waals surface area (Å²) in [6, 6.07) is 48.9. The second-order valence-electron chi connectivity index (χ2n) is 12.1. The number of fused-ring (bicyclic) bond motifs is 2. The third-order valence-corrected chi connectivity index (χ3v) is 9.00. The number of benzene rings is 5. The Morgan fingerprint density at radius 3 is 1.71 bits per heavy atom. The van der Waals surface area contributed by atoms with E-state index in [2.05, 4.69) is 135 Å². The lowest BCUT2D eigenvalue weighted by Gasteiger charge is -2.16. The summed E-state index contributed by atoms with van der Waals surface area (Å²) in [5.74, 6) is 0.875. The van der Waals surface area contributed by atoms with Crippen molar-refractivity contribution in [3.05, 3.63) is 177 Å². The van der Waals surface area contributed by atoms with Crippen LogP contribution in [0.2, 0.25) is 0 Å². The van der Waals surface area contributed by atoms with Crippen molar-refractivity contribution in [1.82, 2.24) is 24.5 Å². The molecule has 0 bridgehead atoms. The second-order valence-corrected chi connectivity index (χ2v) is 12.1. The first kappa shape index (κ1) is 28.5. The Hall–Kier alpha value is -6.72. The molecule has 49 heavy (non-hydrogen) atoms. The van der Waals surface area contributed by atoms with Gasteiger partial charge >= 0.3 is 0 Å². The van der Waals surface area contributed by atoms with Crippen LogP contribution in [0.15, 0.2) is 177 Å². The predicted octanol–water partition coefficient (Wildman–Crippen LogP) is 10.7. The van der Waals surface area contributed by atoms with Crippen LogP contribution in [0.1, 0.15) is 0 Å². The van der Waals surface area contributed by atoms with Crippen LogP contribution in [0.5, 0.6) is 0 Å². The standard InChI is InChI=1S/C44H29N5/c1-2-13-39(14-3-1)49-43-17-7-6-16-42(43)48-44(49)38-24-36(23-37(25-38)41-29-47-28-32-10-4-5-15-40(32)41)35-21-33(30-11-8-18-45-26-30)20-34(22-35)31-12-9-19-46-27-31/h1-29H. The first-order valence-electron chi connectivity index (χ1n) is 16.3. The van der Waals surface area contributed by atoms with Gasteiger partial charge in [-0.2, -0.15) is 0 Å². The van der Waals surface area contributed by atoms with E-state index in [-0.39, 0.29) is 0 Å². The molecule has 4 heterocycles. The lowest BCUT2D eigenvalue weighted by molar-refractivity contribution is 1.10. The number of para-hydroxylation sites is 3. The number of rotatable bonds is 6. The molecule has 9 rings (SSSR count). The Balaban J connectivity index is 1.34. The molecule has 0 N–H and O–H groups in total. The zero-order chi connectivity index (χ0) is 32.6. The first-order chi connectivity index (χ1) is 24.3. The van der Waals surface area contributed by atoms with Gasteiger partial charge in [-0.3, -0.25) is 19.5 Å². The average Bonchev–Trinajstić information content (AvgIpc) is 3.58. The molecule has 0 radical (unpaired) electrons. The number of hydrogen-bond donors (Lipinski definition) is 0. The number of aromatic nitrogens is 5. The van der Waals surface area contributed by atoms with Crippen molar-refractivity contribution in [2.24, 2.45) is 0 Å². The van der Waals surface area contributed by atoms with Crippen LogP contribution in [0, 0.1) is 0 Å². The fraction of sp³-hybridized carbons (Fsp3) is 0. The van der Waals surface area contributed by atoms with Gasteiger partial charge in [0.2, 0.25) is 0 Å². The maximum atomic E-state index is 5.25. The molecular formula is C44H29N5. The average molecular weight is 628 g/mol. The van der Waals surface area contributed by atoms with E-state index in [1.807, 2.05) is 61.4 Å². The third kappa shape index (κ3) is 5.33. The van der Waals surface area contributed by atoms with E-state index < -0.39 is 0 Å². The number of pyridine rings is 3. The van der Waals surface area contributed by atoms with E-state index in [4.69, 9.17) is 4.98 Å². The lowest BCUT2D eigenvalue weighted by Crippen LogP contribution is -1.98. The molecule has 0 amide bonds. The highest BCUT2D eigenvalue weighted by molar-refractivity contribution is 5.98. The molecule has 5 aromatic carbocycles. The molecule has 0 atom stereocenters. The summed E-state index contributed by atoms with van der Waals surface area (Å²) in [5.41, 5.74) is 12.6. The second kappa shape index (κ2) is 12.1. The molecule has 4 aromatic heterocycles. The van der Waals surface area contributed by atoms with E-state index >= 15 is 0 Å². The van der Waals surface area contributed by atoms with Gasteiger partial charge in [0.25, 0.3) is 0 Å². The van der Waals surface area contributed by atoms with E-state index in [0.717, 1.165) is 83.4 Å². The van der Waals surface area contributed by atoms with Gasteiger partial charge in [-0.05, 0) is 106 Å². The van der Waals surface area contributed by atoms with Crippen molar-refractivity contribution in [2.75, 3.05) is 0 Å². The van der Waals surface area contributed by atoms with Crippen LogP contribution in [0.3, 0.4) is 0 Å². The Morgan fingerprint density at radius 2 is 1.00 bits per heavy atom. The Labute approximate surface area is 283 Å². The summed E-state index contributed by atoms with van der Waals surface area (Å²) in [6.45, 7) is 0. The molecule has 5 heteroatoms. The van der Waals surface area contributed by atoms with Crippen molar-refractivity contribution in [3.8, 4) is 61.6 Å². The molecule has 0 unspecified atom stereocenters. The summed E-state index contributed by atoms with van der Waals surface area (Å²) < 4.78 is 2.26. The van der Waals surface area contributed by atoms with Crippen LogP contribution in [0.25, 0.3) is 83.4 Å². The zero-order valence-corrected chi connectivity index (χ0v) is 26.5. The third-order valence-electron chi connectivity index (χ3n) is 9.00. The van der Waals surface area contributed by atoms with Gasteiger partial charge < -0.3 is 0 Å². The van der Waals surface area contributed by atoms with Gasteiger partial charge in [0.05, 0.1) is 11.0 Å². The fourth-order valence-corrected chi connectivity index (χ4v) is 6.68. The van der Waals surface area contributed by atoms with Crippen LogP contribution in [-0.2, 0) is 0 Å². The topological polar surface area (TPSA) is 56.5 Å². The van der Waals surface area contributed by atoms with Crippen LogP contribution < -0.4 is 0 Å². The van der Waals surface area contributed by atoms with Crippen LogP contribution in [0.4, 0.5) is 0 Å². The molecule has 5 nitrogen and oxygen atoms in total. The van der Waals surface area contributed by atoms with Crippen molar-refractivity contribution in [3.63, 3.8) is 0 Å². The smallest absolute Gasteiger partial charge is 0.145 e. The molecule has 0 aliphatic carbocycles. The molecule has 230 valence electrons. The van der Waals surface area contributed by atoms with Crippen molar-refractivity contribution in [1.29, 1.82) is 0 Å². The maximum Gasteiger partial charge on any atom is 0.145 e. The summed E-state index contributed by atoms with van der Waals surface area (Å²) in [5, 5.41) is 2.25. The normalized spacial score (nSPS) is 11.3. The van der Waals surface area contributed by atoms with Gasteiger partial charge in [-0.25, -0.2) is 4.98 Å². The number of nitrogens with zero attached hydrogens (tertiary/aromatic N) is 5. The van der Waals surface area contributed by atoms with Gasteiger partial charge in [0, 0.05) is 70.5 Å². The molecule has 0 saturated heterocycles. The quantitative estimate of drug-likeness (QED) is 0.184. The van der Waals surface area contributed by atoms with E-state index in [1.54, 1.807) is 0 Å². The summed E-state index contributed by atoms with van der Waals surface area (Å²) in [7, 11) is 0. The lowest BCUT2D eigenvalue weighted by atomic mass is 9.91. The zero-order valence-electron chi connectivity index (χ0n) is 26.5. The summed E-state index contributed by atoms with van der Waals surface area (Å²) >= 11 is 0. The predicted molar refractivity (Wildman–Crippen MR) is 199 cm³/mol. The van der Waals surface area contributed by atoms with Gasteiger partial charge in [-0.15, -0.1) is 0 Å². The monoisotopic (exact) mass is 627 g/mol. The SMILES string of the molecule is c1ccc(-n2c(-c3cc(-c4cc(-c5cccnc5)cc(-c5cccnc5)c4)cc(-c4cncc5ccccc45)c3)nc3ccccc32)cc1. The Bertz CT molecular complexity index is 2530. The Morgan fingerprint density at radius 1 is 0.408 bits per heavy atom. The minimum atomic E-state index is 0.875. The van der Waals surface area contributed by atoms with Crippen LogP contribution in [-0.4, -0.2) is 24.5 Å². The molecular weight excluding hydrogens is 599 g/mol. The van der Waals surface area contributed by atoms with Crippen LogP contribution >= 0.6 is 0 Å². The maximum absolute atomic E-state index is 5.25. The highest BCUT2D eigenvalue weighted by Gasteiger charge is 2.18. The van der Waals surface area contributed by atoms with Gasteiger partial charge in [-0.1, -0.05) is 66.7 Å². The molecule has 0 aliphatic heterocycles. The number of imidazole rings is 1. The first-order valence-corrected chi connectivity index (χ1v) is 16.3. The summed E-state index contributed by atoms with van der Waals surface area (Å²) in [6.07, 6.45) is 11.3. The molecule has 0 saturated carbocycles. The highest BCUT2D eigenvalue weighted by Crippen LogP contribution is 2.39. The van der Waals surface area contributed by atoms with Gasteiger partial charge in [0.15, 0.2) is 0 Å². The number of hydrogen-bond acceptors (Lipinski definition) is 4. The fourth-order valence-electron chi connectivity index (χ4n) is 6.68. The largest absolute Gasteiger partial charge is 0.292 e. The van der Waals surface area contributed by atoms with E-state index in [9.17, 15) is 0 Å². The van der Waals surface area contributed by atoms with Gasteiger partial charge in [0.1, 0.15) is 5.82 Å². The molecule has 0 fully saturated rings. The van der Waals surface area contributed by atoms with Crippen molar-refractivity contribution >= 4 is 21.8 Å². The molecule has 0 spiro atoms. The molecule has 9 aromatic rings.